The average Bonchev–Trinajstić information content (AvgIpc) is 3.32. The number of aliphatic hydroxyl groups is 2. The Morgan fingerprint density at radius 2 is 1.63 bits per heavy atom. The summed E-state index contributed by atoms with van der Waals surface area (Å²) in [7, 11) is 0. The minimum absolute atomic E-state index is 0.177. The Hall–Kier alpha value is -2.25. The van der Waals surface area contributed by atoms with Crippen LogP contribution in [0.2, 0.25) is 0 Å². The highest BCUT2D eigenvalue weighted by Crippen LogP contribution is 2.29. The molecule has 1 aliphatic heterocycles. The number of rotatable bonds is 9. The standard InChI is InChI=1S/C24H32N2O.C5H10O3/c1-19-8-2-3-10-22(19)18-21-13-11-20(12-14-21)9-4-7-17-26-24(23(25)27)15-5-6-16-24;6-4-1-5(7)3-8-2-4/h2-3,8,10-14,26H,4-7,9,15-18H2,1H3,(H2,25,27);4-7H,1-3H2. The number of aryl methyl sites for hydroxylation is 2. The lowest BCUT2D eigenvalue weighted by Gasteiger charge is -2.26. The highest BCUT2D eigenvalue weighted by atomic mass is 16.5. The number of benzene rings is 2. The maximum Gasteiger partial charge on any atom is 0.237 e. The highest BCUT2D eigenvalue weighted by Gasteiger charge is 2.38. The van der Waals surface area contributed by atoms with Crippen LogP contribution in [0.15, 0.2) is 48.5 Å². The van der Waals surface area contributed by atoms with Gasteiger partial charge in [-0.15, -0.1) is 0 Å². The molecule has 1 amide bonds. The molecular weight excluding hydrogens is 440 g/mol. The molecule has 1 saturated carbocycles. The number of primary amides is 1. The fraction of sp³-hybridized carbons (Fsp3) is 0.552. The van der Waals surface area contributed by atoms with Crippen LogP contribution in [0.25, 0.3) is 0 Å². The van der Waals surface area contributed by atoms with Crippen LogP contribution in [-0.2, 0) is 22.4 Å². The van der Waals surface area contributed by atoms with Crippen molar-refractivity contribution in [3.05, 3.63) is 70.8 Å². The maximum absolute atomic E-state index is 11.8. The van der Waals surface area contributed by atoms with Crippen molar-refractivity contribution >= 4 is 5.91 Å². The average molecular weight is 483 g/mol. The van der Waals surface area contributed by atoms with Gasteiger partial charge in [0.15, 0.2) is 0 Å². The quantitative estimate of drug-likeness (QED) is 0.410. The zero-order chi connectivity index (χ0) is 25.1. The third kappa shape index (κ3) is 8.73. The second kappa shape index (κ2) is 13.7. The van der Waals surface area contributed by atoms with Crippen molar-refractivity contribution < 1.29 is 19.7 Å². The molecule has 192 valence electrons. The Kier molecular flexibility index (Phi) is 10.7. The Bertz CT molecular complexity index is 901. The van der Waals surface area contributed by atoms with E-state index in [1.807, 2.05) is 0 Å². The van der Waals surface area contributed by atoms with Crippen molar-refractivity contribution in [2.75, 3.05) is 19.8 Å². The number of aliphatic hydroxyl groups excluding tert-OH is 2. The van der Waals surface area contributed by atoms with E-state index in [1.54, 1.807) is 0 Å². The summed E-state index contributed by atoms with van der Waals surface area (Å²) in [6, 6.07) is 17.6. The zero-order valence-electron chi connectivity index (χ0n) is 21.0. The lowest BCUT2D eigenvalue weighted by molar-refractivity contribution is -0.124. The van der Waals surface area contributed by atoms with E-state index in [9.17, 15) is 4.79 Å². The number of hydrogen-bond donors (Lipinski definition) is 4. The van der Waals surface area contributed by atoms with Crippen LogP contribution in [0.4, 0.5) is 0 Å². The molecule has 0 bridgehead atoms. The van der Waals surface area contributed by atoms with E-state index in [0.717, 1.165) is 57.9 Å². The van der Waals surface area contributed by atoms with E-state index in [0.29, 0.717) is 19.6 Å². The summed E-state index contributed by atoms with van der Waals surface area (Å²) in [5.41, 5.74) is 10.7. The highest BCUT2D eigenvalue weighted by molar-refractivity contribution is 5.85. The predicted octanol–water partition coefficient (Wildman–Crippen LogP) is 3.42. The van der Waals surface area contributed by atoms with Crippen molar-refractivity contribution in [2.24, 2.45) is 5.73 Å². The fourth-order valence-corrected chi connectivity index (χ4v) is 4.91. The molecule has 0 spiro atoms. The minimum atomic E-state index is -0.459. The molecule has 2 aromatic carbocycles. The summed E-state index contributed by atoms with van der Waals surface area (Å²) in [4.78, 5) is 11.8. The van der Waals surface area contributed by atoms with Crippen LogP contribution in [0.3, 0.4) is 0 Å². The first-order valence-electron chi connectivity index (χ1n) is 13.0. The molecule has 35 heavy (non-hydrogen) atoms. The van der Waals surface area contributed by atoms with Gasteiger partial charge in [0, 0.05) is 6.42 Å². The van der Waals surface area contributed by atoms with Gasteiger partial charge in [-0.1, -0.05) is 61.4 Å². The first kappa shape index (κ1) is 27.3. The van der Waals surface area contributed by atoms with Gasteiger partial charge in [-0.05, 0) is 74.2 Å². The van der Waals surface area contributed by atoms with Crippen molar-refractivity contribution in [3.63, 3.8) is 0 Å². The molecule has 2 fully saturated rings. The van der Waals surface area contributed by atoms with E-state index in [-0.39, 0.29) is 5.91 Å². The summed E-state index contributed by atoms with van der Waals surface area (Å²) in [6.07, 6.45) is 7.80. The largest absolute Gasteiger partial charge is 0.391 e. The van der Waals surface area contributed by atoms with Gasteiger partial charge in [-0.2, -0.15) is 0 Å². The number of nitrogens with one attached hydrogen (secondary N) is 1. The van der Waals surface area contributed by atoms with E-state index in [4.69, 9.17) is 20.7 Å². The number of carbonyl (C=O) groups excluding carboxylic acids is 1. The SMILES string of the molecule is Cc1ccccc1Cc1ccc(CCCCNC2(C(N)=O)CCCC2)cc1.OC1COCC(O)C1. The van der Waals surface area contributed by atoms with Crippen LogP contribution in [-0.4, -0.2) is 53.6 Å². The fourth-order valence-electron chi connectivity index (χ4n) is 4.91. The van der Waals surface area contributed by atoms with E-state index in [2.05, 4.69) is 60.8 Å². The second-order valence-corrected chi connectivity index (χ2v) is 10.0. The summed E-state index contributed by atoms with van der Waals surface area (Å²) >= 11 is 0. The molecule has 0 aromatic heterocycles. The van der Waals surface area contributed by atoms with Gasteiger partial charge in [0.2, 0.25) is 5.91 Å². The molecule has 1 saturated heterocycles. The monoisotopic (exact) mass is 482 g/mol. The van der Waals surface area contributed by atoms with Gasteiger partial charge < -0.3 is 26.0 Å². The smallest absolute Gasteiger partial charge is 0.237 e. The number of unbranched alkanes of at least 4 members (excludes halogenated alkanes) is 1. The lowest BCUT2D eigenvalue weighted by atomic mass is 9.96. The number of carbonyl (C=O) groups is 1. The topological polar surface area (TPSA) is 105 Å². The molecule has 2 atom stereocenters. The van der Waals surface area contributed by atoms with Crippen LogP contribution < -0.4 is 11.1 Å². The Labute approximate surface area is 209 Å². The van der Waals surface area contributed by atoms with E-state index < -0.39 is 17.7 Å². The molecule has 1 heterocycles. The molecule has 5 N–H and O–H groups in total. The second-order valence-electron chi connectivity index (χ2n) is 10.0. The Balaban J connectivity index is 0.000000363. The number of ether oxygens (including phenoxy) is 1. The van der Waals surface area contributed by atoms with Crippen LogP contribution in [0.5, 0.6) is 0 Å². The first-order chi connectivity index (χ1) is 16.9. The normalized spacial score (nSPS) is 21.2. The predicted molar refractivity (Wildman–Crippen MR) is 139 cm³/mol. The maximum atomic E-state index is 11.8. The number of nitrogens with two attached hydrogens (primary N) is 1. The van der Waals surface area contributed by atoms with Crippen molar-refractivity contribution in [1.82, 2.24) is 5.32 Å². The molecule has 2 unspecified atom stereocenters. The van der Waals surface area contributed by atoms with Crippen LogP contribution in [0, 0.1) is 6.92 Å². The summed E-state index contributed by atoms with van der Waals surface area (Å²) in [5, 5.41) is 21.0. The van der Waals surface area contributed by atoms with Gasteiger partial charge in [-0.25, -0.2) is 0 Å². The molecule has 2 aromatic rings. The van der Waals surface area contributed by atoms with Gasteiger partial charge in [0.25, 0.3) is 0 Å². The Morgan fingerprint density at radius 1 is 1.00 bits per heavy atom. The summed E-state index contributed by atoms with van der Waals surface area (Å²) < 4.78 is 4.79. The minimum Gasteiger partial charge on any atom is -0.391 e. The molecule has 4 rings (SSSR count). The van der Waals surface area contributed by atoms with E-state index >= 15 is 0 Å². The molecule has 2 aliphatic rings. The number of hydrogen-bond acceptors (Lipinski definition) is 5. The molecule has 0 radical (unpaired) electrons. The summed E-state index contributed by atoms with van der Waals surface area (Å²) in [6.45, 7) is 3.79. The number of amides is 1. The van der Waals surface area contributed by atoms with Gasteiger partial charge in [-0.3, -0.25) is 4.79 Å². The molecule has 6 nitrogen and oxygen atoms in total. The van der Waals surface area contributed by atoms with Gasteiger partial charge in [0.05, 0.1) is 31.0 Å². The van der Waals surface area contributed by atoms with Crippen molar-refractivity contribution in [1.29, 1.82) is 0 Å². The molecule has 6 heteroatoms. The van der Waals surface area contributed by atoms with Gasteiger partial charge in [0.1, 0.15) is 0 Å². The molecule has 1 aliphatic carbocycles. The van der Waals surface area contributed by atoms with Crippen LogP contribution in [0.1, 0.15) is 67.2 Å². The third-order valence-electron chi connectivity index (χ3n) is 7.13. The first-order valence-corrected chi connectivity index (χ1v) is 13.0. The van der Waals surface area contributed by atoms with Crippen LogP contribution >= 0.6 is 0 Å². The lowest BCUT2D eigenvalue weighted by Crippen LogP contribution is -2.53. The Morgan fingerprint density at radius 3 is 2.20 bits per heavy atom. The van der Waals surface area contributed by atoms with Crippen molar-refractivity contribution in [3.8, 4) is 0 Å². The zero-order valence-corrected chi connectivity index (χ0v) is 21.0. The van der Waals surface area contributed by atoms with Crippen molar-refractivity contribution in [2.45, 2.75) is 82.5 Å². The van der Waals surface area contributed by atoms with Gasteiger partial charge >= 0.3 is 0 Å². The molecular formula is C29H42N2O4. The summed E-state index contributed by atoms with van der Waals surface area (Å²) in [5.74, 6) is -0.177. The third-order valence-corrected chi connectivity index (χ3v) is 7.13. The van der Waals surface area contributed by atoms with E-state index in [1.165, 1.54) is 22.3 Å².